The summed E-state index contributed by atoms with van der Waals surface area (Å²) >= 11 is 0. The molecule has 1 aliphatic heterocycles. The lowest BCUT2D eigenvalue weighted by molar-refractivity contribution is -0.386. The number of carbonyl (C=O) groups is 1. The van der Waals surface area contributed by atoms with Crippen molar-refractivity contribution < 1.29 is 22.9 Å². The lowest BCUT2D eigenvalue weighted by Gasteiger charge is -2.34. The van der Waals surface area contributed by atoms with Crippen LogP contribution in [0.1, 0.15) is 10.4 Å². The first-order valence-electron chi connectivity index (χ1n) is 9.88. The van der Waals surface area contributed by atoms with Crippen LogP contribution >= 0.6 is 0 Å². The van der Waals surface area contributed by atoms with Crippen molar-refractivity contribution in [3.8, 4) is 11.4 Å². The van der Waals surface area contributed by atoms with Crippen LogP contribution in [0.15, 0.2) is 60.0 Å². The number of benzene rings is 2. The van der Waals surface area contributed by atoms with Crippen molar-refractivity contribution in [2.45, 2.75) is 4.90 Å². The van der Waals surface area contributed by atoms with Crippen LogP contribution in [-0.4, -0.2) is 76.5 Å². The number of amides is 1. The summed E-state index contributed by atoms with van der Waals surface area (Å²) in [6, 6.07) is 10.4. The second-order valence-corrected chi connectivity index (χ2v) is 9.11. The van der Waals surface area contributed by atoms with Crippen LogP contribution in [-0.2, 0) is 10.0 Å². The normalized spacial score (nSPS) is 14.8. The first kappa shape index (κ1) is 22.4. The molecule has 0 radical (unpaired) electrons. The highest BCUT2D eigenvalue weighted by Crippen LogP contribution is 2.30. The maximum absolute atomic E-state index is 13.0. The van der Waals surface area contributed by atoms with Crippen LogP contribution in [0.5, 0.6) is 5.75 Å². The summed E-state index contributed by atoms with van der Waals surface area (Å²) < 4.78 is 33.7. The number of rotatable bonds is 6. The van der Waals surface area contributed by atoms with Crippen molar-refractivity contribution in [3.05, 3.63) is 70.8 Å². The Kier molecular flexibility index (Phi) is 6.07. The molecule has 2 aromatic carbocycles. The Morgan fingerprint density at radius 3 is 2.36 bits per heavy atom. The second kappa shape index (κ2) is 8.96. The summed E-state index contributed by atoms with van der Waals surface area (Å²) in [7, 11) is -2.70. The summed E-state index contributed by atoms with van der Waals surface area (Å²) in [6.07, 6.45) is 2.96. The van der Waals surface area contributed by atoms with Gasteiger partial charge in [0.2, 0.25) is 10.0 Å². The Labute approximate surface area is 189 Å². The summed E-state index contributed by atoms with van der Waals surface area (Å²) in [4.78, 5) is 28.7. The van der Waals surface area contributed by atoms with Crippen LogP contribution < -0.4 is 4.74 Å². The van der Waals surface area contributed by atoms with Gasteiger partial charge in [-0.25, -0.2) is 18.1 Å². The number of aromatic nitrogens is 3. The molecule has 0 aliphatic carbocycles. The number of nitro benzene ring substituents is 1. The number of nitrogens with zero attached hydrogens (tertiary/aromatic N) is 6. The molecular formula is C20H20N6O6S. The SMILES string of the molecule is COc1ccc(S(=O)(=O)N2CCN(C(=O)c3ccc(-n4cncn4)cc3)CC2)cc1[N+](=O)[O-]. The lowest BCUT2D eigenvalue weighted by Crippen LogP contribution is -2.50. The van der Waals surface area contributed by atoms with Crippen molar-refractivity contribution in [2.75, 3.05) is 33.3 Å². The number of sulfonamides is 1. The van der Waals surface area contributed by atoms with Crippen molar-refractivity contribution in [3.63, 3.8) is 0 Å². The van der Waals surface area contributed by atoms with E-state index in [0.717, 1.165) is 11.8 Å². The molecule has 0 N–H and O–H groups in total. The Balaban J connectivity index is 1.44. The zero-order chi connectivity index (χ0) is 23.6. The number of hydrogen-bond donors (Lipinski definition) is 0. The van der Waals surface area contributed by atoms with Gasteiger partial charge in [-0.2, -0.15) is 9.40 Å². The zero-order valence-corrected chi connectivity index (χ0v) is 18.4. The van der Waals surface area contributed by atoms with Gasteiger partial charge >= 0.3 is 5.69 Å². The van der Waals surface area contributed by atoms with Gasteiger partial charge in [0.25, 0.3) is 5.91 Å². The Hall–Kier alpha value is -3.84. The minimum atomic E-state index is -3.97. The quantitative estimate of drug-likeness (QED) is 0.386. The van der Waals surface area contributed by atoms with Crippen molar-refractivity contribution in [1.29, 1.82) is 0 Å². The van der Waals surface area contributed by atoms with E-state index >= 15 is 0 Å². The molecule has 1 amide bonds. The molecule has 1 saturated heterocycles. The third kappa shape index (κ3) is 4.40. The second-order valence-electron chi connectivity index (χ2n) is 7.17. The van der Waals surface area contributed by atoms with E-state index in [9.17, 15) is 23.3 Å². The van der Waals surface area contributed by atoms with Gasteiger partial charge in [-0.1, -0.05) is 0 Å². The van der Waals surface area contributed by atoms with Gasteiger partial charge in [-0.3, -0.25) is 14.9 Å². The lowest BCUT2D eigenvalue weighted by atomic mass is 10.1. The maximum Gasteiger partial charge on any atom is 0.312 e. The zero-order valence-electron chi connectivity index (χ0n) is 17.6. The first-order chi connectivity index (χ1) is 15.8. The van der Waals surface area contributed by atoms with E-state index < -0.39 is 20.6 Å². The molecule has 12 nitrogen and oxygen atoms in total. The molecule has 1 aromatic heterocycles. The van der Waals surface area contributed by atoms with Gasteiger partial charge in [0.05, 0.1) is 22.6 Å². The van der Waals surface area contributed by atoms with E-state index in [1.54, 1.807) is 40.2 Å². The fourth-order valence-electron chi connectivity index (χ4n) is 3.53. The number of hydrogen-bond acceptors (Lipinski definition) is 8. The van der Waals surface area contributed by atoms with Gasteiger partial charge in [-0.15, -0.1) is 0 Å². The molecule has 0 unspecified atom stereocenters. The molecule has 0 saturated carbocycles. The summed E-state index contributed by atoms with van der Waals surface area (Å²) in [5, 5.41) is 15.3. The largest absolute Gasteiger partial charge is 0.490 e. The average molecular weight is 472 g/mol. The highest BCUT2D eigenvalue weighted by molar-refractivity contribution is 7.89. The maximum atomic E-state index is 13.0. The Morgan fingerprint density at radius 2 is 1.79 bits per heavy atom. The van der Waals surface area contributed by atoms with Crippen LogP contribution in [0.2, 0.25) is 0 Å². The predicted molar refractivity (Wildman–Crippen MR) is 116 cm³/mol. The third-order valence-electron chi connectivity index (χ3n) is 5.31. The van der Waals surface area contributed by atoms with Gasteiger partial charge in [-0.05, 0) is 36.4 Å². The number of carbonyl (C=O) groups excluding carboxylic acids is 1. The molecule has 0 bridgehead atoms. The Bertz CT molecular complexity index is 1270. The minimum absolute atomic E-state index is 0.0239. The smallest absolute Gasteiger partial charge is 0.312 e. The van der Waals surface area contributed by atoms with E-state index in [2.05, 4.69) is 10.1 Å². The van der Waals surface area contributed by atoms with Crippen molar-refractivity contribution in [1.82, 2.24) is 24.0 Å². The molecule has 0 atom stereocenters. The first-order valence-corrected chi connectivity index (χ1v) is 11.3. The van der Waals surface area contributed by atoms with E-state index in [0.29, 0.717) is 5.56 Å². The van der Waals surface area contributed by atoms with E-state index in [1.165, 1.54) is 29.9 Å². The molecule has 2 heterocycles. The number of ether oxygens (including phenoxy) is 1. The van der Waals surface area contributed by atoms with Crippen LogP contribution in [0.4, 0.5) is 5.69 Å². The molecule has 0 spiro atoms. The predicted octanol–water partition coefficient (Wildman–Crippen LogP) is 1.33. The molecule has 33 heavy (non-hydrogen) atoms. The van der Waals surface area contributed by atoms with Gasteiger partial charge < -0.3 is 9.64 Å². The number of piperazine rings is 1. The Morgan fingerprint density at radius 1 is 1.09 bits per heavy atom. The molecule has 3 aromatic rings. The van der Waals surface area contributed by atoms with Crippen LogP contribution in [0.25, 0.3) is 5.69 Å². The summed E-state index contributed by atoms with van der Waals surface area (Å²) in [6.45, 7) is 0.540. The number of methoxy groups -OCH3 is 1. The molecule has 4 rings (SSSR count). The molecular weight excluding hydrogens is 452 g/mol. The molecule has 13 heteroatoms. The van der Waals surface area contributed by atoms with E-state index in [-0.39, 0.29) is 42.7 Å². The fraction of sp³-hybridized carbons (Fsp3) is 0.250. The fourth-order valence-corrected chi connectivity index (χ4v) is 4.98. The van der Waals surface area contributed by atoms with E-state index in [1.807, 2.05) is 0 Å². The van der Waals surface area contributed by atoms with E-state index in [4.69, 9.17) is 4.74 Å². The number of nitro groups is 1. The molecule has 172 valence electrons. The van der Waals surface area contributed by atoms with Crippen LogP contribution in [0.3, 0.4) is 0 Å². The monoisotopic (exact) mass is 472 g/mol. The average Bonchev–Trinajstić information content (AvgIpc) is 3.38. The molecule has 1 aliphatic rings. The van der Waals surface area contributed by atoms with Crippen LogP contribution in [0, 0.1) is 10.1 Å². The highest BCUT2D eigenvalue weighted by Gasteiger charge is 2.32. The summed E-state index contributed by atoms with van der Waals surface area (Å²) in [5.74, 6) is -0.235. The van der Waals surface area contributed by atoms with Crippen molar-refractivity contribution >= 4 is 21.6 Å². The van der Waals surface area contributed by atoms with Crippen molar-refractivity contribution in [2.24, 2.45) is 0 Å². The standard InChI is InChI=1S/C20H20N6O6S/c1-32-19-7-6-17(12-18(19)26(28)29)33(30,31)24-10-8-23(9-11-24)20(27)15-2-4-16(5-3-15)25-14-21-13-22-25/h2-7,12-14H,8-11H2,1H3. The molecule has 1 fully saturated rings. The van der Waals surface area contributed by atoms with Gasteiger partial charge in [0, 0.05) is 37.8 Å². The highest BCUT2D eigenvalue weighted by atomic mass is 32.2. The topological polar surface area (TPSA) is 141 Å². The van der Waals surface area contributed by atoms with Gasteiger partial charge in [0.1, 0.15) is 12.7 Å². The minimum Gasteiger partial charge on any atom is -0.490 e. The van der Waals surface area contributed by atoms with Gasteiger partial charge in [0.15, 0.2) is 5.75 Å². The summed E-state index contributed by atoms with van der Waals surface area (Å²) in [5.41, 5.74) is 0.802. The third-order valence-corrected chi connectivity index (χ3v) is 7.20.